The fraction of sp³-hybridized carbons (Fsp3) is 0.200. The Morgan fingerprint density at radius 3 is 2.25 bits per heavy atom. The van der Waals surface area contributed by atoms with E-state index in [2.05, 4.69) is 5.32 Å². The topological polar surface area (TPSA) is 66.4 Å². The molecule has 0 radical (unpaired) electrons. The predicted molar refractivity (Wildman–Crippen MR) is 50.7 cm³/mol. The highest BCUT2D eigenvalue weighted by Gasteiger charge is 2.09. The Balaban J connectivity index is 2.49. The highest BCUT2D eigenvalue weighted by molar-refractivity contribution is 6.31. The molecule has 16 heavy (non-hydrogen) atoms. The maximum absolute atomic E-state index is 12.7. The lowest BCUT2D eigenvalue weighted by atomic mass is 10.1. The molecule has 0 bridgehead atoms. The van der Waals surface area contributed by atoms with E-state index in [0.717, 1.165) is 18.2 Å². The van der Waals surface area contributed by atoms with Gasteiger partial charge in [0.05, 0.1) is 0 Å². The molecule has 1 rings (SSSR count). The number of hydrogen-bond donors (Lipinski definition) is 2. The zero-order valence-electron chi connectivity index (χ0n) is 8.17. The molecule has 0 saturated carbocycles. The molecule has 6 heteroatoms. The fourth-order valence-corrected chi connectivity index (χ4v) is 1.15. The zero-order chi connectivity index (χ0) is 12.1. The third-order valence-corrected chi connectivity index (χ3v) is 1.82. The van der Waals surface area contributed by atoms with Crippen LogP contribution in [0.25, 0.3) is 0 Å². The number of nitrogens with one attached hydrogen (secondary N) is 1. The minimum Gasteiger partial charge on any atom is -0.474 e. The molecule has 86 valence electrons. The quantitative estimate of drug-likeness (QED) is 0.750. The summed E-state index contributed by atoms with van der Waals surface area (Å²) in [4.78, 5) is 20.7. The van der Waals surface area contributed by atoms with Crippen LogP contribution in [0, 0.1) is 11.6 Å². The molecule has 0 aliphatic heterocycles. The third kappa shape index (κ3) is 3.64. The summed E-state index contributed by atoms with van der Waals surface area (Å²) in [5.74, 6) is -4.15. The second-order valence-corrected chi connectivity index (χ2v) is 3.09. The van der Waals surface area contributed by atoms with Crippen molar-refractivity contribution in [2.75, 3.05) is 6.54 Å². The van der Waals surface area contributed by atoms with Crippen molar-refractivity contribution in [3.8, 4) is 0 Å². The Morgan fingerprint density at radius 2 is 1.75 bits per heavy atom. The summed E-state index contributed by atoms with van der Waals surface area (Å²) < 4.78 is 25.4. The van der Waals surface area contributed by atoms with Crippen molar-refractivity contribution in [1.82, 2.24) is 5.32 Å². The van der Waals surface area contributed by atoms with Gasteiger partial charge < -0.3 is 10.4 Å². The van der Waals surface area contributed by atoms with Crippen molar-refractivity contribution in [1.29, 1.82) is 0 Å². The van der Waals surface area contributed by atoms with E-state index in [-0.39, 0.29) is 13.0 Å². The Hall–Kier alpha value is -1.98. The van der Waals surface area contributed by atoms with Crippen molar-refractivity contribution in [3.63, 3.8) is 0 Å². The van der Waals surface area contributed by atoms with Crippen LogP contribution in [-0.4, -0.2) is 23.5 Å². The van der Waals surface area contributed by atoms with Crippen molar-refractivity contribution in [2.24, 2.45) is 0 Å². The molecule has 0 aliphatic rings. The van der Waals surface area contributed by atoms with Crippen LogP contribution in [0.1, 0.15) is 5.56 Å². The lowest BCUT2D eigenvalue weighted by Gasteiger charge is -2.03. The van der Waals surface area contributed by atoms with Gasteiger partial charge in [0.25, 0.3) is 0 Å². The maximum Gasteiger partial charge on any atom is 0.394 e. The normalized spacial score (nSPS) is 9.88. The van der Waals surface area contributed by atoms with Crippen LogP contribution < -0.4 is 5.32 Å². The first-order chi connectivity index (χ1) is 7.49. The minimum absolute atomic E-state index is 0.00796. The molecule has 0 fully saturated rings. The van der Waals surface area contributed by atoms with Gasteiger partial charge >= 0.3 is 11.9 Å². The fourth-order valence-electron chi connectivity index (χ4n) is 1.15. The van der Waals surface area contributed by atoms with E-state index in [1.165, 1.54) is 0 Å². The first-order valence-electron chi connectivity index (χ1n) is 4.45. The number of rotatable bonds is 3. The van der Waals surface area contributed by atoms with Crippen LogP contribution in [0.3, 0.4) is 0 Å². The van der Waals surface area contributed by atoms with Gasteiger partial charge in [0.2, 0.25) is 0 Å². The van der Waals surface area contributed by atoms with Crippen LogP contribution in [0.4, 0.5) is 8.78 Å². The second kappa shape index (κ2) is 5.20. The van der Waals surface area contributed by atoms with E-state index < -0.39 is 23.5 Å². The highest BCUT2D eigenvalue weighted by Crippen LogP contribution is 2.07. The molecule has 1 amide bonds. The number of aliphatic carboxylic acids is 1. The number of benzene rings is 1. The van der Waals surface area contributed by atoms with E-state index in [4.69, 9.17) is 5.11 Å². The van der Waals surface area contributed by atoms with Crippen LogP contribution >= 0.6 is 0 Å². The lowest BCUT2D eigenvalue weighted by Crippen LogP contribution is -2.32. The summed E-state index contributed by atoms with van der Waals surface area (Å²) in [5, 5.41) is 10.3. The van der Waals surface area contributed by atoms with Crippen molar-refractivity contribution < 1.29 is 23.5 Å². The molecule has 0 spiro atoms. The largest absolute Gasteiger partial charge is 0.474 e. The van der Waals surface area contributed by atoms with Crippen LogP contribution in [0.2, 0.25) is 0 Å². The molecule has 0 aliphatic carbocycles. The summed E-state index contributed by atoms with van der Waals surface area (Å²) in [6.07, 6.45) is 0.160. The molecule has 0 atom stereocenters. The van der Waals surface area contributed by atoms with Gasteiger partial charge in [-0.15, -0.1) is 0 Å². The summed E-state index contributed by atoms with van der Waals surface area (Å²) >= 11 is 0. The smallest absolute Gasteiger partial charge is 0.394 e. The molecular formula is C10H9F2NO3. The van der Waals surface area contributed by atoms with Gasteiger partial charge in [-0.1, -0.05) is 0 Å². The number of amides is 1. The lowest BCUT2D eigenvalue weighted by molar-refractivity contribution is -0.150. The molecule has 4 nitrogen and oxygen atoms in total. The highest BCUT2D eigenvalue weighted by atomic mass is 19.1. The van der Waals surface area contributed by atoms with Crippen LogP contribution in [0.15, 0.2) is 18.2 Å². The second-order valence-electron chi connectivity index (χ2n) is 3.09. The third-order valence-electron chi connectivity index (χ3n) is 1.82. The average molecular weight is 229 g/mol. The van der Waals surface area contributed by atoms with Crippen LogP contribution in [-0.2, 0) is 16.0 Å². The summed E-state index contributed by atoms with van der Waals surface area (Å²) in [5.41, 5.74) is 0.350. The van der Waals surface area contributed by atoms with E-state index in [0.29, 0.717) is 5.56 Å². The van der Waals surface area contributed by atoms with Gasteiger partial charge in [-0.3, -0.25) is 4.79 Å². The Bertz CT molecular complexity index is 400. The molecular weight excluding hydrogens is 220 g/mol. The molecule has 1 aromatic rings. The number of carbonyl (C=O) groups is 2. The minimum atomic E-state index is -1.59. The Morgan fingerprint density at radius 1 is 1.19 bits per heavy atom. The van der Waals surface area contributed by atoms with Gasteiger partial charge in [-0.25, -0.2) is 13.6 Å². The Kier molecular flexibility index (Phi) is 3.93. The maximum atomic E-state index is 12.7. The van der Waals surface area contributed by atoms with Crippen molar-refractivity contribution in [3.05, 3.63) is 35.4 Å². The summed E-state index contributed by atoms with van der Waals surface area (Å²) in [6.45, 7) is 0.00796. The predicted octanol–water partition coefficient (Wildman–Crippen LogP) is 0.708. The van der Waals surface area contributed by atoms with Crippen LogP contribution in [0.5, 0.6) is 0 Å². The van der Waals surface area contributed by atoms with Gasteiger partial charge in [0.1, 0.15) is 11.6 Å². The van der Waals surface area contributed by atoms with Gasteiger partial charge in [0, 0.05) is 12.6 Å². The first-order valence-corrected chi connectivity index (χ1v) is 4.45. The zero-order valence-corrected chi connectivity index (χ0v) is 8.17. The van der Waals surface area contributed by atoms with E-state index in [1.54, 1.807) is 0 Å². The SMILES string of the molecule is O=C(O)C(=O)NCCc1cc(F)cc(F)c1. The van der Waals surface area contributed by atoms with Gasteiger partial charge in [-0.05, 0) is 24.1 Å². The molecule has 0 heterocycles. The summed E-state index contributed by atoms with van der Waals surface area (Å²) in [7, 11) is 0. The molecule has 0 unspecified atom stereocenters. The van der Waals surface area contributed by atoms with Gasteiger partial charge in [-0.2, -0.15) is 0 Å². The average Bonchev–Trinajstić information content (AvgIpc) is 2.15. The monoisotopic (exact) mass is 229 g/mol. The number of carboxylic acids is 1. The molecule has 0 saturated heterocycles. The van der Waals surface area contributed by atoms with E-state index in [1.807, 2.05) is 0 Å². The standard InChI is InChI=1S/C10H9F2NO3/c11-7-3-6(4-8(12)5-7)1-2-13-9(14)10(15)16/h3-5H,1-2H2,(H,13,14)(H,15,16). The van der Waals surface area contributed by atoms with Gasteiger partial charge in [0.15, 0.2) is 0 Å². The van der Waals surface area contributed by atoms with Crippen molar-refractivity contribution >= 4 is 11.9 Å². The Labute approximate surface area is 89.9 Å². The number of hydrogen-bond acceptors (Lipinski definition) is 2. The van der Waals surface area contributed by atoms with E-state index in [9.17, 15) is 18.4 Å². The van der Waals surface area contributed by atoms with E-state index >= 15 is 0 Å². The summed E-state index contributed by atoms with van der Waals surface area (Å²) in [6, 6.07) is 2.98. The molecule has 0 aromatic heterocycles. The number of halogens is 2. The van der Waals surface area contributed by atoms with Crippen molar-refractivity contribution in [2.45, 2.75) is 6.42 Å². The first kappa shape index (κ1) is 12.1. The molecule has 2 N–H and O–H groups in total. The molecule has 1 aromatic carbocycles. The number of carbonyl (C=O) groups excluding carboxylic acids is 1. The number of carboxylic acid groups (broad SMARTS) is 1.